The molecule has 0 aromatic carbocycles. The largest absolute Gasteiger partial charge is 0.379 e. The van der Waals surface area contributed by atoms with Crippen molar-refractivity contribution in [2.24, 2.45) is 13.0 Å². The van der Waals surface area contributed by atoms with E-state index in [1.165, 1.54) is 17.7 Å². The Morgan fingerprint density at radius 2 is 2.24 bits per heavy atom. The number of aryl methyl sites for hydroxylation is 1. The Morgan fingerprint density at radius 3 is 2.81 bits per heavy atom. The lowest BCUT2D eigenvalue weighted by Gasteiger charge is -2.21. The molecule has 0 aliphatic heterocycles. The Bertz CT molecular complexity index is 606. The van der Waals surface area contributed by atoms with Crippen LogP contribution in [0.25, 0.3) is 0 Å². The number of amides is 1. The lowest BCUT2D eigenvalue weighted by molar-refractivity contribution is 0.0926. The number of carbonyl (C=O) groups is 1. The van der Waals surface area contributed by atoms with Gasteiger partial charge in [0.2, 0.25) is 0 Å². The van der Waals surface area contributed by atoms with E-state index in [0.29, 0.717) is 11.5 Å². The molecule has 0 saturated carbocycles. The molecule has 114 valence electrons. The second-order valence-corrected chi connectivity index (χ2v) is 6.30. The minimum atomic E-state index is -0.169. The number of aromatic nitrogens is 3. The Balaban J connectivity index is 2.13. The van der Waals surface area contributed by atoms with Crippen molar-refractivity contribution in [3.63, 3.8) is 0 Å². The van der Waals surface area contributed by atoms with Gasteiger partial charge in [-0.05, 0) is 18.1 Å². The molecule has 1 atom stereocenters. The van der Waals surface area contributed by atoms with Crippen LogP contribution in [0.3, 0.4) is 0 Å². The van der Waals surface area contributed by atoms with E-state index in [4.69, 9.17) is 4.74 Å². The van der Waals surface area contributed by atoms with E-state index in [1.54, 1.807) is 11.8 Å². The third kappa shape index (κ3) is 3.68. The molecule has 0 aliphatic carbocycles. The first-order chi connectivity index (χ1) is 10.0. The van der Waals surface area contributed by atoms with E-state index in [1.807, 2.05) is 33.0 Å². The van der Waals surface area contributed by atoms with Gasteiger partial charge in [0, 0.05) is 19.0 Å². The van der Waals surface area contributed by atoms with Gasteiger partial charge in [-0.25, -0.2) is 4.98 Å². The van der Waals surface area contributed by atoms with Gasteiger partial charge in [-0.1, -0.05) is 13.8 Å². The average molecular weight is 308 g/mol. The zero-order chi connectivity index (χ0) is 15.4. The van der Waals surface area contributed by atoms with E-state index in [9.17, 15) is 4.79 Å². The summed E-state index contributed by atoms with van der Waals surface area (Å²) < 4.78 is 6.76. The molecule has 21 heavy (non-hydrogen) atoms. The molecule has 1 unspecified atom stereocenters. The monoisotopic (exact) mass is 308 g/mol. The molecule has 1 N–H and O–H groups in total. The first-order valence-corrected chi connectivity index (χ1v) is 7.57. The van der Waals surface area contributed by atoms with Gasteiger partial charge in [-0.2, -0.15) is 5.10 Å². The molecule has 7 heteroatoms. The molecule has 0 fully saturated rings. The molecule has 2 heterocycles. The highest BCUT2D eigenvalue weighted by Gasteiger charge is 2.23. The van der Waals surface area contributed by atoms with Gasteiger partial charge in [0.15, 0.2) is 0 Å². The van der Waals surface area contributed by atoms with Crippen molar-refractivity contribution in [2.45, 2.75) is 26.5 Å². The third-order valence-corrected chi connectivity index (χ3v) is 4.21. The third-order valence-electron chi connectivity index (χ3n) is 3.15. The Morgan fingerprint density at radius 1 is 1.48 bits per heavy atom. The number of nitrogens with one attached hydrogen (secondary N) is 1. The molecule has 2 aromatic rings. The number of hydrogen-bond acceptors (Lipinski definition) is 5. The predicted octanol–water partition coefficient (Wildman–Crippen LogP) is 2.15. The smallest absolute Gasteiger partial charge is 0.261 e. The van der Waals surface area contributed by atoms with Crippen LogP contribution in [0.5, 0.6) is 0 Å². The van der Waals surface area contributed by atoms with Crippen molar-refractivity contribution >= 4 is 17.2 Å². The Kier molecular flexibility index (Phi) is 5.08. The van der Waals surface area contributed by atoms with Crippen LogP contribution < -0.4 is 5.32 Å². The van der Waals surface area contributed by atoms with Crippen molar-refractivity contribution in [3.05, 3.63) is 34.0 Å². The Labute approximate surface area is 128 Å². The number of methoxy groups -OCH3 is 1. The van der Waals surface area contributed by atoms with Crippen LogP contribution in [-0.2, 0) is 18.4 Å². The fraction of sp³-hybridized carbons (Fsp3) is 0.500. The second-order valence-electron chi connectivity index (χ2n) is 5.14. The summed E-state index contributed by atoms with van der Waals surface area (Å²) in [6.07, 6.45) is 1.50. The van der Waals surface area contributed by atoms with E-state index >= 15 is 0 Å². The lowest BCUT2D eigenvalue weighted by Crippen LogP contribution is -2.33. The highest BCUT2D eigenvalue weighted by atomic mass is 32.1. The summed E-state index contributed by atoms with van der Waals surface area (Å²) in [6.45, 7) is 4.61. The quantitative estimate of drug-likeness (QED) is 0.888. The highest BCUT2D eigenvalue weighted by Crippen LogP contribution is 2.22. The van der Waals surface area contributed by atoms with Crippen LogP contribution in [0.2, 0.25) is 0 Å². The van der Waals surface area contributed by atoms with E-state index < -0.39 is 0 Å². The van der Waals surface area contributed by atoms with Crippen LogP contribution in [0.15, 0.2) is 18.5 Å². The number of ether oxygens (including phenoxy) is 1. The molecule has 0 radical (unpaired) electrons. The molecular weight excluding hydrogens is 288 g/mol. The minimum Gasteiger partial charge on any atom is -0.379 e. The summed E-state index contributed by atoms with van der Waals surface area (Å²) in [7, 11) is 3.47. The molecule has 0 spiro atoms. The summed E-state index contributed by atoms with van der Waals surface area (Å²) in [5.41, 5.74) is 0. The van der Waals surface area contributed by atoms with Crippen LogP contribution in [0.4, 0.5) is 0 Å². The summed E-state index contributed by atoms with van der Waals surface area (Å²) in [6, 6.07) is 3.57. The summed E-state index contributed by atoms with van der Waals surface area (Å²) in [4.78, 5) is 18.3. The number of rotatable bonds is 6. The van der Waals surface area contributed by atoms with Crippen molar-refractivity contribution in [3.8, 4) is 0 Å². The molecule has 1 amide bonds. The van der Waals surface area contributed by atoms with Crippen molar-refractivity contribution < 1.29 is 9.53 Å². The van der Waals surface area contributed by atoms with Gasteiger partial charge in [-0.3, -0.25) is 9.48 Å². The summed E-state index contributed by atoms with van der Waals surface area (Å²) in [5, 5.41) is 7.11. The normalized spacial score (nSPS) is 12.6. The maximum absolute atomic E-state index is 12.4. The zero-order valence-electron chi connectivity index (χ0n) is 12.7. The van der Waals surface area contributed by atoms with Crippen LogP contribution >= 0.6 is 11.3 Å². The van der Waals surface area contributed by atoms with Gasteiger partial charge < -0.3 is 10.1 Å². The van der Waals surface area contributed by atoms with Crippen molar-refractivity contribution in [2.75, 3.05) is 7.11 Å². The highest BCUT2D eigenvalue weighted by molar-refractivity contribution is 7.14. The van der Waals surface area contributed by atoms with E-state index in [0.717, 1.165) is 10.7 Å². The van der Waals surface area contributed by atoms with E-state index in [2.05, 4.69) is 15.4 Å². The van der Waals surface area contributed by atoms with Crippen LogP contribution in [0, 0.1) is 5.92 Å². The van der Waals surface area contributed by atoms with Crippen molar-refractivity contribution in [1.29, 1.82) is 0 Å². The van der Waals surface area contributed by atoms with Crippen molar-refractivity contribution in [1.82, 2.24) is 20.1 Å². The lowest BCUT2D eigenvalue weighted by atomic mass is 10.0. The average Bonchev–Trinajstić information content (AvgIpc) is 3.05. The molecule has 2 aromatic heterocycles. The SMILES string of the molecule is COCc1ccc(C(=O)NC(c2ncnn2C)C(C)C)s1. The summed E-state index contributed by atoms with van der Waals surface area (Å²) in [5.74, 6) is 0.881. The number of thiophene rings is 1. The molecular formula is C14H20N4O2S. The predicted molar refractivity (Wildman–Crippen MR) is 81.1 cm³/mol. The molecule has 2 rings (SSSR count). The Hall–Kier alpha value is -1.73. The summed E-state index contributed by atoms with van der Waals surface area (Å²) >= 11 is 1.44. The molecule has 0 saturated heterocycles. The topological polar surface area (TPSA) is 69.0 Å². The second kappa shape index (κ2) is 6.82. The number of carbonyl (C=O) groups excluding carboxylic acids is 1. The fourth-order valence-electron chi connectivity index (χ4n) is 2.05. The standard InChI is InChI=1S/C14H20N4O2S/c1-9(2)12(13-15-8-16-18(13)3)17-14(19)11-6-5-10(21-11)7-20-4/h5-6,8-9,12H,7H2,1-4H3,(H,17,19). The minimum absolute atomic E-state index is 0.0935. The zero-order valence-corrected chi connectivity index (χ0v) is 13.5. The van der Waals surface area contributed by atoms with Gasteiger partial charge in [-0.15, -0.1) is 11.3 Å². The van der Waals surface area contributed by atoms with E-state index in [-0.39, 0.29) is 17.9 Å². The van der Waals surface area contributed by atoms with Gasteiger partial charge in [0.25, 0.3) is 5.91 Å². The van der Waals surface area contributed by atoms with Crippen LogP contribution in [0.1, 0.15) is 40.3 Å². The first-order valence-electron chi connectivity index (χ1n) is 6.75. The first kappa shape index (κ1) is 15.7. The van der Waals surface area contributed by atoms with Gasteiger partial charge in [0.1, 0.15) is 12.2 Å². The number of hydrogen-bond donors (Lipinski definition) is 1. The fourth-order valence-corrected chi connectivity index (χ4v) is 2.93. The van der Waals surface area contributed by atoms with Crippen LogP contribution in [-0.4, -0.2) is 27.8 Å². The van der Waals surface area contributed by atoms with Gasteiger partial charge in [0.05, 0.1) is 17.5 Å². The molecule has 0 bridgehead atoms. The maximum Gasteiger partial charge on any atom is 0.261 e. The molecule has 0 aliphatic rings. The number of nitrogens with zero attached hydrogens (tertiary/aromatic N) is 3. The van der Waals surface area contributed by atoms with Gasteiger partial charge >= 0.3 is 0 Å². The molecule has 6 nitrogen and oxygen atoms in total. The maximum atomic E-state index is 12.4.